The molecule has 2 aromatic rings. The molecule has 5 nitrogen and oxygen atoms in total. The summed E-state index contributed by atoms with van der Waals surface area (Å²) in [4.78, 5) is 19.8. The van der Waals surface area contributed by atoms with Crippen LogP contribution in [-0.2, 0) is 4.79 Å². The molecule has 0 radical (unpaired) electrons. The smallest absolute Gasteiger partial charge is 0.261 e. The van der Waals surface area contributed by atoms with Crippen LogP contribution in [0.1, 0.15) is 10.8 Å². The zero-order chi connectivity index (χ0) is 12.8. The van der Waals surface area contributed by atoms with E-state index in [1.165, 1.54) is 11.8 Å². The zero-order valence-electron chi connectivity index (χ0n) is 9.35. The molecule has 6 heteroatoms. The van der Waals surface area contributed by atoms with Crippen LogP contribution in [0.3, 0.4) is 0 Å². The van der Waals surface area contributed by atoms with Crippen molar-refractivity contribution < 1.29 is 10.0 Å². The number of hydrogen-bond acceptors (Lipinski definition) is 5. The van der Waals surface area contributed by atoms with Crippen LogP contribution < -0.4 is 5.48 Å². The largest absolute Gasteiger partial charge is 0.289 e. The Labute approximate surface area is 108 Å². The second-order valence-electron chi connectivity index (χ2n) is 3.42. The number of nitrogens with one attached hydrogen (secondary N) is 1. The maximum Gasteiger partial charge on any atom is 0.261 e. The molecule has 1 unspecified atom stereocenters. The SMILES string of the molecule is O=C(NO)C(Sc1ncccn1)c1ccccc1. The minimum atomic E-state index is -0.585. The predicted molar refractivity (Wildman–Crippen MR) is 67.0 cm³/mol. The average Bonchev–Trinajstić information content (AvgIpc) is 2.46. The van der Waals surface area contributed by atoms with Gasteiger partial charge in [0, 0.05) is 12.4 Å². The molecule has 1 aromatic heterocycles. The van der Waals surface area contributed by atoms with E-state index in [0.29, 0.717) is 5.16 Å². The van der Waals surface area contributed by atoms with E-state index in [-0.39, 0.29) is 0 Å². The van der Waals surface area contributed by atoms with Crippen LogP contribution in [0.4, 0.5) is 0 Å². The van der Waals surface area contributed by atoms with E-state index >= 15 is 0 Å². The number of amides is 1. The molecule has 92 valence electrons. The maximum absolute atomic E-state index is 11.7. The highest BCUT2D eigenvalue weighted by molar-refractivity contribution is 8.00. The number of rotatable bonds is 4. The van der Waals surface area contributed by atoms with Crippen LogP contribution in [0.5, 0.6) is 0 Å². The fraction of sp³-hybridized carbons (Fsp3) is 0.0833. The molecule has 1 aromatic carbocycles. The fourth-order valence-corrected chi connectivity index (χ4v) is 2.32. The van der Waals surface area contributed by atoms with Gasteiger partial charge in [0.1, 0.15) is 5.25 Å². The van der Waals surface area contributed by atoms with Crippen LogP contribution in [-0.4, -0.2) is 21.1 Å². The number of hydrogen-bond donors (Lipinski definition) is 2. The molecule has 2 rings (SSSR count). The van der Waals surface area contributed by atoms with Gasteiger partial charge in [-0.15, -0.1) is 0 Å². The van der Waals surface area contributed by atoms with Crippen molar-refractivity contribution >= 4 is 17.7 Å². The van der Waals surface area contributed by atoms with Gasteiger partial charge in [0.15, 0.2) is 5.16 Å². The molecular formula is C12H11N3O2S. The Bertz CT molecular complexity index is 507. The minimum absolute atomic E-state index is 0.481. The summed E-state index contributed by atoms with van der Waals surface area (Å²) in [5.41, 5.74) is 2.45. The van der Waals surface area contributed by atoms with E-state index in [1.807, 2.05) is 30.3 Å². The van der Waals surface area contributed by atoms with Crippen LogP contribution in [0.25, 0.3) is 0 Å². The summed E-state index contributed by atoms with van der Waals surface area (Å²) >= 11 is 1.18. The lowest BCUT2D eigenvalue weighted by Crippen LogP contribution is -2.24. The number of hydroxylamine groups is 1. The summed E-state index contributed by atoms with van der Waals surface area (Å²) in [6.07, 6.45) is 3.21. The molecule has 0 aliphatic rings. The number of carbonyl (C=O) groups is 1. The van der Waals surface area contributed by atoms with Gasteiger partial charge in [0.05, 0.1) is 0 Å². The van der Waals surface area contributed by atoms with Gasteiger partial charge in [-0.3, -0.25) is 10.0 Å². The lowest BCUT2D eigenvalue weighted by Gasteiger charge is -2.13. The van der Waals surface area contributed by atoms with Gasteiger partial charge in [0.2, 0.25) is 0 Å². The first-order chi connectivity index (χ1) is 8.81. The van der Waals surface area contributed by atoms with Gasteiger partial charge < -0.3 is 0 Å². The Morgan fingerprint density at radius 1 is 1.17 bits per heavy atom. The molecule has 0 aliphatic heterocycles. The fourth-order valence-electron chi connectivity index (χ4n) is 1.41. The van der Waals surface area contributed by atoms with E-state index in [0.717, 1.165) is 5.56 Å². The topological polar surface area (TPSA) is 75.1 Å². The summed E-state index contributed by atoms with van der Waals surface area (Å²) in [7, 11) is 0. The molecule has 0 fully saturated rings. The van der Waals surface area contributed by atoms with E-state index in [2.05, 4.69) is 9.97 Å². The highest BCUT2D eigenvalue weighted by Gasteiger charge is 2.22. The molecule has 2 N–H and O–H groups in total. The normalized spacial score (nSPS) is 11.8. The van der Waals surface area contributed by atoms with Gasteiger partial charge in [-0.1, -0.05) is 42.1 Å². The van der Waals surface area contributed by atoms with Crippen LogP contribution in [0, 0.1) is 0 Å². The Morgan fingerprint density at radius 2 is 1.83 bits per heavy atom. The van der Waals surface area contributed by atoms with Crippen molar-refractivity contribution in [2.75, 3.05) is 0 Å². The number of carbonyl (C=O) groups excluding carboxylic acids is 1. The summed E-state index contributed by atoms with van der Waals surface area (Å²) in [6.45, 7) is 0. The summed E-state index contributed by atoms with van der Waals surface area (Å²) in [5.74, 6) is -0.501. The van der Waals surface area contributed by atoms with E-state index in [1.54, 1.807) is 23.9 Å². The Hall–Kier alpha value is -1.92. The highest BCUT2D eigenvalue weighted by Crippen LogP contribution is 2.32. The van der Waals surface area contributed by atoms with Crippen molar-refractivity contribution in [3.63, 3.8) is 0 Å². The Balaban J connectivity index is 2.24. The summed E-state index contributed by atoms with van der Waals surface area (Å²) < 4.78 is 0. The molecule has 1 heterocycles. The van der Waals surface area contributed by atoms with Crippen molar-refractivity contribution in [2.24, 2.45) is 0 Å². The van der Waals surface area contributed by atoms with Gasteiger partial charge >= 0.3 is 0 Å². The first-order valence-electron chi connectivity index (χ1n) is 5.24. The monoisotopic (exact) mass is 261 g/mol. The molecule has 18 heavy (non-hydrogen) atoms. The molecule has 1 amide bonds. The lowest BCUT2D eigenvalue weighted by atomic mass is 10.1. The van der Waals surface area contributed by atoms with E-state index in [9.17, 15) is 4.79 Å². The molecular weight excluding hydrogens is 250 g/mol. The number of benzene rings is 1. The maximum atomic E-state index is 11.7. The molecule has 0 spiro atoms. The van der Waals surface area contributed by atoms with Crippen molar-refractivity contribution in [3.8, 4) is 0 Å². The number of thioether (sulfide) groups is 1. The average molecular weight is 261 g/mol. The zero-order valence-corrected chi connectivity index (χ0v) is 10.2. The van der Waals surface area contributed by atoms with E-state index in [4.69, 9.17) is 5.21 Å². The van der Waals surface area contributed by atoms with E-state index < -0.39 is 11.2 Å². The third-order valence-corrected chi connectivity index (χ3v) is 3.36. The van der Waals surface area contributed by atoms with Crippen LogP contribution in [0.15, 0.2) is 53.9 Å². The van der Waals surface area contributed by atoms with Gasteiger partial charge in [-0.2, -0.15) is 0 Å². The Morgan fingerprint density at radius 3 is 2.44 bits per heavy atom. The standard InChI is InChI=1S/C12H11N3O2S/c16-11(15-17)10(9-5-2-1-3-6-9)18-12-13-7-4-8-14-12/h1-8,10,17H,(H,15,16). The van der Waals surface area contributed by atoms with Crippen molar-refractivity contribution in [3.05, 3.63) is 54.4 Å². The first-order valence-corrected chi connectivity index (χ1v) is 6.12. The molecule has 0 saturated heterocycles. The minimum Gasteiger partial charge on any atom is -0.289 e. The van der Waals surface area contributed by atoms with Crippen molar-refractivity contribution in [2.45, 2.75) is 10.4 Å². The second-order valence-corrected chi connectivity index (χ2v) is 4.49. The lowest BCUT2D eigenvalue weighted by molar-refractivity contribution is -0.128. The third kappa shape index (κ3) is 3.06. The van der Waals surface area contributed by atoms with Crippen LogP contribution in [0.2, 0.25) is 0 Å². The third-order valence-electron chi connectivity index (χ3n) is 2.22. The molecule has 1 atom stereocenters. The van der Waals surface area contributed by atoms with Crippen molar-refractivity contribution in [1.29, 1.82) is 0 Å². The first kappa shape index (κ1) is 12.5. The highest BCUT2D eigenvalue weighted by atomic mass is 32.2. The molecule has 0 bridgehead atoms. The van der Waals surface area contributed by atoms with Gasteiger partial charge in [0.25, 0.3) is 5.91 Å². The molecule has 0 saturated carbocycles. The van der Waals surface area contributed by atoms with Gasteiger partial charge in [-0.25, -0.2) is 15.4 Å². The number of aromatic nitrogens is 2. The second kappa shape index (κ2) is 6.13. The van der Waals surface area contributed by atoms with Crippen LogP contribution >= 0.6 is 11.8 Å². The number of nitrogens with zero attached hydrogens (tertiary/aromatic N) is 2. The predicted octanol–water partition coefficient (Wildman–Crippen LogP) is 1.82. The summed E-state index contributed by atoms with van der Waals surface area (Å²) in [5, 5.41) is 8.69. The van der Waals surface area contributed by atoms with Gasteiger partial charge in [-0.05, 0) is 11.6 Å². The summed E-state index contributed by atoms with van der Waals surface area (Å²) in [6, 6.07) is 10.9. The Kier molecular flexibility index (Phi) is 4.27. The quantitative estimate of drug-likeness (QED) is 0.380. The van der Waals surface area contributed by atoms with Crippen molar-refractivity contribution in [1.82, 2.24) is 15.4 Å². The molecule has 0 aliphatic carbocycles.